The molecule has 0 heterocycles. The fourth-order valence-corrected chi connectivity index (χ4v) is 2.18. The molecule has 0 bridgehead atoms. The minimum atomic E-state index is 0.199. The van der Waals surface area contributed by atoms with E-state index in [1.54, 1.807) is 12.1 Å². The Kier molecular flexibility index (Phi) is 2.95. The maximum atomic E-state index is 9.35. The Balaban J connectivity index is 3.40. The molecule has 1 N–H and O–H groups in total. The van der Waals surface area contributed by atoms with Gasteiger partial charge in [-0.15, -0.1) is 0 Å². The van der Waals surface area contributed by atoms with Crippen LogP contribution >= 0.6 is 45.2 Å². The average molecular weight is 371 g/mol. The number of benzene rings is 1. The van der Waals surface area contributed by atoms with Crippen LogP contribution in [0.3, 0.4) is 0 Å². The summed E-state index contributed by atoms with van der Waals surface area (Å²) in [6, 6.07) is 5.41. The summed E-state index contributed by atoms with van der Waals surface area (Å²) in [4.78, 5) is 0. The summed E-state index contributed by atoms with van der Waals surface area (Å²) < 4.78 is 1.39. The highest BCUT2D eigenvalue weighted by molar-refractivity contribution is 14.1. The van der Waals surface area contributed by atoms with Crippen molar-refractivity contribution in [3.63, 3.8) is 0 Å². The van der Waals surface area contributed by atoms with Gasteiger partial charge >= 0.3 is 0 Å². The molecule has 0 amide bonds. The third-order valence-corrected chi connectivity index (χ3v) is 3.15. The number of aromatic hydroxyl groups is 1. The lowest BCUT2D eigenvalue weighted by molar-refractivity contribution is 0.467. The Hall–Kier alpha value is -0.0300. The van der Waals surface area contributed by atoms with Gasteiger partial charge in [0.2, 0.25) is 0 Å². The van der Waals surface area contributed by atoms with Crippen molar-refractivity contribution in [1.82, 2.24) is 0 Å². The lowest BCUT2D eigenvalue weighted by Crippen LogP contribution is -1.84. The largest absolute Gasteiger partial charge is 0.506 e. The molecule has 0 unspecified atom stereocenters. The Morgan fingerprint density at radius 3 is 2.55 bits per heavy atom. The smallest absolute Gasteiger partial charge is 0.143 e. The zero-order valence-corrected chi connectivity index (χ0v) is 9.62. The lowest BCUT2D eigenvalue weighted by Gasteiger charge is -2.00. The van der Waals surface area contributed by atoms with E-state index in [1.165, 1.54) is 0 Å². The second kappa shape index (κ2) is 3.58. The molecule has 0 spiro atoms. The van der Waals surface area contributed by atoms with E-state index in [0.29, 0.717) is 9.13 Å². The fraction of sp³-hybridized carbons (Fsp3) is 0. The van der Waals surface area contributed by atoms with E-state index in [-0.39, 0.29) is 5.75 Å². The standard InChI is InChI=1S/C7H3I2NO/c8-5-2-1-4(3-10)6(9)7(5)11/h1-2,11H. The van der Waals surface area contributed by atoms with Crippen molar-refractivity contribution in [3.05, 3.63) is 24.8 Å². The van der Waals surface area contributed by atoms with Gasteiger partial charge in [0.25, 0.3) is 0 Å². The average Bonchev–Trinajstić information content (AvgIpc) is 2.01. The Labute approximate surface area is 91.5 Å². The van der Waals surface area contributed by atoms with E-state index >= 15 is 0 Å². The van der Waals surface area contributed by atoms with Gasteiger partial charge in [0.15, 0.2) is 0 Å². The van der Waals surface area contributed by atoms with Crippen LogP contribution in [0.25, 0.3) is 0 Å². The van der Waals surface area contributed by atoms with Gasteiger partial charge in [0, 0.05) is 0 Å². The van der Waals surface area contributed by atoms with E-state index in [1.807, 2.05) is 51.3 Å². The first-order valence-corrected chi connectivity index (χ1v) is 4.89. The number of phenolic OH excluding ortho intramolecular Hbond substituents is 1. The second-order valence-electron chi connectivity index (χ2n) is 1.87. The summed E-state index contributed by atoms with van der Waals surface area (Å²) in [6.45, 7) is 0. The van der Waals surface area contributed by atoms with Crippen LogP contribution in [0.5, 0.6) is 5.75 Å². The maximum absolute atomic E-state index is 9.35. The van der Waals surface area contributed by atoms with Gasteiger partial charge in [-0.2, -0.15) is 5.26 Å². The van der Waals surface area contributed by atoms with Crippen LogP contribution < -0.4 is 0 Å². The zero-order chi connectivity index (χ0) is 8.43. The molecule has 0 radical (unpaired) electrons. The Morgan fingerprint density at radius 2 is 2.00 bits per heavy atom. The fourth-order valence-electron chi connectivity index (χ4n) is 0.627. The molecule has 1 rings (SSSR count). The quantitative estimate of drug-likeness (QED) is 0.713. The first-order chi connectivity index (χ1) is 5.16. The number of nitrogens with zero attached hydrogens (tertiary/aromatic N) is 1. The first kappa shape index (κ1) is 9.06. The third-order valence-electron chi connectivity index (χ3n) is 1.19. The zero-order valence-electron chi connectivity index (χ0n) is 5.31. The number of rotatable bonds is 0. The van der Waals surface area contributed by atoms with Crippen molar-refractivity contribution in [2.75, 3.05) is 0 Å². The van der Waals surface area contributed by atoms with E-state index in [0.717, 1.165) is 3.57 Å². The molecule has 0 aliphatic carbocycles. The van der Waals surface area contributed by atoms with Crippen molar-refractivity contribution < 1.29 is 5.11 Å². The van der Waals surface area contributed by atoms with Crippen molar-refractivity contribution >= 4 is 45.2 Å². The molecule has 2 nitrogen and oxygen atoms in total. The minimum Gasteiger partial charge on any atom is -0.506 e. The van der Waals surface area contributed by atoms with Crippen LogP contribution in [-0.4, -0.2) is 5.11 Å². The molecule has 4 heteroatoms. The molecular formula is C7H3I2NO. The molecule has 0 saturated carbocycles. The SMILES string of the molecule is N#Cc1ccc(I)c(O)c1I. The van der Waals surface area contributed by atoms with E-state index in [2.05, 4.69) is 0 Å². The van der Waals surface area contributed by atoms with Gasteiger partial charge in [0.1, 0.15) is 11.8 Å². The summed E-state index contributed by atoms with van der Waals surface area (Å²) in [6.07, 6.45) is 0. The second-order valence-corrected chi connectivity index (χ2v) is 4.11. The molecule has 56 valence electrons. The Morgan fingerprint density at radius 1 is 1.36 bits per heavy atom. The van der Waals surface area contributed by atoms with Crippen LogP contribution in [0.4, 0.5) is 0 Å². The summed E-state index contributed by atoms with van der Waals surface area (Å²) in [5, 5.41) is 17.9. The molecule has 1 aromatic rings. The van der Waals surface area contributed by atoms with Gasteiger partial charge in [-0.25, -0.2) is 0 Å². The van der Waals surface area contributed by atoms with Gasteiger partial charge in [-0.3, -0.25) is 0 Å². The molecule has 0 atom stereocenters. The molecule has 11 heavy (non-hydrogen) atoms. The lowest BCUT2D eigenvalue weighted by atomic mass is 10.2. The van der Waals surface area contributed by atoms with Gasteiger partial charge in [0.05, 0.1) is 12.7 Å². The molecule has 0 aliphatic rings. The molecular weight excluding hydrogens is 368 g/mol. The van der Waals surface area contributed by atoms with Crippen molar-refractivity contribution in [2.45, 2.75) is 0 Å². The van der Waals surface area contributed by atoms with Crippen LogP contribution in [0.1, 0.15) is 5.56 Å². The predicted molar refractivity (Wildman–Crippen MR) is 58.3 cm³/mol. The number of nitriles is 1. The molecule has 0 fully saturated rings. The number of halogens is 2. The van der Waals surface area contributed by atoms with Crippen LogP contribution in [0.2, 0.25) is 0 Å². The van der Waals surface area contributed by atoms with Crippen LogP contribution in [0, 0.1) is 18.5 Å². The van der Waals surface area contributed by atoms with Crippen molar-refractivity contribution in [2.24, 2.45) is 0 Å². The molecule has 0 aromatic heterocycles. The summed E-state index contributed by atoms with van der Waals surface area (Å²) in [5.74, 6) is 0.199. The van der Waals surface area contributed by atoms with Gasteiger partial charge < -0.3 is 5.11 Å². The van der Waals surface area contributed by atoms with Gasteiger partial charge in [-0.05, 0) is 57.3 Å². The third kappa shape index (κ3) is 1.76. The van der Waals surface area contributed by atoms with E-state index < -0.39 is 0 Å². The van der Waals surface area contributed by atoms with E-state index in [4.69, 9.17) is 5.26 Å². The summed E-state index contributed by atoms with van der Waals surface area (Å²) >= 11 is 3.97. The number of hydrogen-bond donors (Lipinski definition) is 1. The summed E-state index contributed by atoms with van der Waals surface area (Å²) in [5.41, 5.74) is 0.517. The molecule has 1 aromatic carbocycles. The molecule has 0 aliphatic heterocycles. The van der Waals surface area contributed by atoms with Gasteiger partial charge in [-0.1, -0.05) is 0 Å². The predicted octanol–water partition coefficient (Wildman–Crippen LogP) is 2.47. The highest BCUT2D eigenvalue weighted by Crippen LogP contribution is 2.27. The topological polar surface area (TPSA) is 44.0 Å². The minimum absolute atomic E-state index is 0.199. The maximum Gasteiger partial charge on any atom is 0.143 e. The number of phenols is 1. The first-order valence-electron chi connectivity index (χ1n) is 2.74. The number of hydrogen-bond acceptors (Lipinski definition) is 2. The van der Waals surface area contributed by atoms with Crippen LogP contribution in [0.15, 0.2) is 12.1 Å². The highest BCUT2D eigenvalue weighted by atomic mass is 127. The Bertz CT molecular complexity index is 330. The van der Waals surface area contributed by atoms with Crippen molar-refractivity contribution in [1.29, 1.82) is 5.26 Å². The van der Waals surface area contributed by atoms with Crippen molar-refractivity contribution in [3.8, 4) is 11.8 Å². The normalized spacial score (nSPS) is 9.18. The highest BCUT2D eigenvalue weighted by Gasteiger charge is 2.06. The van der Waals surface area contributed by atoms with E-state index in [9.17, 15) is 5.11 Å². The summed E-state index contributed by atoms with van der Waals surface area (Å²) in [7, 11) is 0. The van der Waals surface area contributed by atoms with Crippen LogP contribution in [-0.2, 0) is 0 Å². The molecule has 0 saturated heterocycles. The monoisotopic (exact) mass is 371 g/mol.